The second-order valence-corrected chi connectivity index (χ2v) is 4.07. The number of rotatable bonds is 1. The summed E-state index contributed by atoms with van der Waals surface area (Å²) in [6, 6.07) is 8.50. The zero-order chi connectivity index (χ0) is 13.8. The first kappa shape index (κ1) is 12.8. The molecule has 19 heavy (non-hydrogen) atoms. The summed E-state index contributed by atoms with van der Waals surface area (Å²) in [6.45, 7) is 0. The van der Waals surface area contributed by atoms with Crippen molar-refractivity contribution >= 4 is 17.3 Å². The molecule has 96 valence electrons. The number of carbonyl (C=O) groups is 2. The SMILES string of the molecule is O=C1C=CC(=C\O)/C(=C(/O)c2ccccc2)C(=O)C1. The molecule has 0 aromatic heterocycles. The van der Waals surface area contributed by atoms with Crippen molar-refractivity contribution in [2.24, 2.45) is 0 Å². The van der Waals surface area contributed by atoms with Gasteiger partial charge in [-0.25, -0.2) is 0 Å². The van der Waals surface area contributed by atoms with Crippen LogP contribution >= 0.6 is 0 Å². The lowest BCUT2D eigenvalue weighted by molar-refractivity contribution is -0.122. The summed E-state index contributed by atoms with van der Waals surface area (Å²) in [6.07, 6.45) is 2.93. The Balaban J connectivity index is 2.60. The van der Waals surface area contributed by atoms with Crippen LogP contribution in [0.25, 0.3) is 5.76 Å². The number of carbonyl (C=O) groups excluding carboxylic acids is 2. The molecule has 0 radical (unpaired) electrons. The summed E-state index contributed by atoms with van der Waals surface area (Å²) in [5, 5.41) is 19.4. The van der Waals surface area contributed by atoms with E-state index in [4.69, 9.17) is 5.11 Å². The van der Waals surface area contributed by atoms with Crippen molar-refractivity contribution in [3.8, 4) is 0 Å². The molecule has 2 N–H and O–H groups in total. The van der Waals surface area contributed by atoms with Gasteiger partial charge in [0.1, 0.15) is 5.76 Å². The molecule has 0 heterocycles. The minimum absolute atomic E-state index is 0.0456. The molecule has 0 atom stereocenters. The normalized spacial score (nSPS) is 20.5. The maximum atomic E-state index is 12.0. The van der Waals surface area contributed by atoms with E-state index in [-0.39, 0.29) is 29.1 Å². The minimum Gasteiger partial charge on any atom is -0.515 e. The number of allylic oxidation sites excluding steroid dienone is 4. The fourth-order valence-electron chi connectivity index (χ4n) is 1.85. The zero-order valence-corrected chi connectivity index (χ0v) is 10.0. The average molecular weight is 256 g/mol. The van der Waals surface area contributed by atoms with Crippen LogP contribution < -0.4 is 0 Å². The van der Waals surface area contributed by atoms with E-state index in [2.05, 4.69) is 0 Å². The van der Waals surface area contributed by atoms with Crippen LogP contribution in [0.15, 0.2) is 59.9 Å². The van der Waals surface area contributed by atoms with Crippen molar-refractivity contribution in [1.29, 1.82) is 0 Å². The van der Waals surface area contributed by atoms with Crippen molar-refractivity contribution in [2.45, 2.75) is 6.42 Å². The summed E-state index contributed by atoms with van der Waals surface area (Å²) >= 11 is 0. The van der Waals surface area contributed by atoms with E-state index < -0.39 is 5.78 Å². The van der Waals surface area contributed by atoms with Gasteiger partial charge in [-0.05, 0) is 12.2 Å². The van der Waals surface area contributed by atoms with E-state index in [1.807, 2.05) is 0 Å². The van der Waals surface area contributed by atoms with Crippen LogP contribution in [-0.2, 0) is 9.59 Å². The fraction of sp³-hybridized carbons (Fsp3) is 0.0667. The number of hydrogen-bond acceptors (Lipinski definition) is 4. The van der Waals surface area contributed by atoms with Gasteiger partial charge in [0, 0.05) is 11.1 Å². The Morgan fingerprint density at radius 2 is 1.79 bits per heavy atom. The molecule has 0 fully saturated rings. The second kappa shape index (κ2) is 5.35. The topological polar surface area (TPSA) is 74.6 Å². The molecule has 0 saturated heterocycles. The van der Waals surface area contributed by atoms with Gasteiger partial charge in [0.05, 0.1) is 18.3 Å². The molecule has 0 spiro atoms. The minimum atomic E-state index is -0.517. The molecule has 1 aliphatic carbocycles. The van der Waals surface area contributed by atoms with Crippen molar-refractivity contribution in [1.82, 2.24) is 0 Å². The zero-order valence-electron chi connectivity index (χ0n) is 10.0. The van der Waals surface area contributed by atoms with Crippen molar-refractivity contribution in [2.75, 3.05) is 0 Å². The van der Waals surface area contributed by atoms with Gasteiger partial charge in [0.25, 0.3) is 0 Å². The monoisotopic (exact) mass is 256 g/mol. The van der Waals surface area contributed by atoms with Gasteiger partial charge >= 0.3 is 0 Å². The molecule has 2 rings (SSSR count). The van der Waals surface area contributed by atoms with E-state index in [9.17, 15) is 14.7 Å². The number of ketones is 2. The Morgan fingerprint density at radius 3 is 2.42 bits per heavy atom. The van der Waals surface area contributed by atoms with Gasteiger partial charge in [-0.2, -0.15) is 0 Å². The molecule has 4 nitrogen and oxygen atoms in total. The third-order valence-electron chi connectivity index (χ3n) is 2.77. The van der Waals surface area contributed by atoms with Gasteiger partial charge in [-0.3, -0.25) is 9.59 Å². The highest BCUT2D eigenvalue weighted by atomic mass is 16.3. The molecule has 0 aliphatic heterocycles. The Morgan fingerprint density at radius 1 is 1.11 bits per heavy atom. The predicted octanol–water partition coefficient (Wildman–Crippen LogP) is 2.50. The number of aliphatic hydroxyl groups excluding tert-OH is 2. The summed E-state index contributed by atoms with van der Waals surface area (Å²) in [5.41, 5.74) is 0.529. The van der Waals surface area contributed by atoms with Gasteiger partial charge < -0.3 is 10.2 Å². The lowest BCUT2D eigenvalue weighted by Crippen LogP contribution is -2.09. The van der Waals surface area contributed by atoms with Crippen LogP contribution in [0.5, 0.6) is 0 Å². The first-order chi connectivity index (χ1) is 9.13. The number of Topliss-reactive ketones (excluding diaryl/α,β-unsaturated/α-hetero) is 1. The van der Waals surface area contributed by atoms with Crippen molar-refractivity contribution in [3.63, 3.8) is 0 Å². The largest absolute Gasteiger partial charge is 0.515 e. The smallest absolute Gasteiger partial charge is 0.175 e. The highest BCUT2D eigenvalue weighted by molar-refractivity contribution is 6.17. The lowest BCUT2D eigenvalue weighted by atomic mass is 9.97. The molecule has 1 aromatic carbocycles. The highest BCUT2D eigenvalue weighted by Gasteiger charge is 2.24. The molecule has 0 amide bonds. The van der Waals surface area contributed by atoms with Crippen LogP contribution in [0.3, 0.4) is 0 Å². The molecular weight excluding hydrogens is 244 g/mol. The van der Waals surface area contributed by atoms with Crippen LogP contribution in [0.4, 0.5) is 0 Å². The van der Waals surface area contributed by atoms with Crippen molar-refractivity contribution in [3.05, 3.63) is 65.5 Å². The summed E-state index contributed by atoms with van der Waals surface area (Å²) in [5.74, 6) is -1.12. The summed E-state index contributed by atoms with van der Waals surface area (Å²) < 4.78 is 0. The van der Waals surface area contributed by atoms with Gasteiger partial charge in [0.2, 0.25) is 0 Å². The summed E-state index contributed by atoms with van der Waals surface area (Å²) in [7, 11) is 0. The van der Waals surface area contributed by atoms with E-state index in [1.165, 1.54) is 12.2 Å². The average Bonchev–Trinajstić information content (AvgIpc) is 2.57. The fourth-order valence-corrected chi connectivity index (χ4v) is 1.85. The van der Waals surface area contributed by atoms with E-state index in [0.29, 0.717) is 11.8 Å². The quantitative estimate of drug-likeness (QED) is 0.460. The molecule has 1 aromatic rings. The van der Waals surface area contributed by atoms with Gasteiger partial charge in [-0.15, -0.1) is 0 Å². The van der Waals surface area contributed by atoms with Crippen molar-refractivity contribution < 1.29 is 19.8 Å². The Hall–Kier alpha value is -2.62. The highest BCUT2D eigenvalue weighted by Crippen LogP contribution is 2.26. The Bertz CT molecular complexity index is 606. The van der Waals surface area contributed by atoms with Gasteiger partial charge in [0.15, 0.2) is 11.6 Å². The third kappa shape index (κ3) is 2.63. The first-order valence-corrected chi connectivity index (χ1v) is 5.71. The number of benzene rings is 1. The Kier molecular flexibility index (Phi) is 3.61. The Labute approximate surface area is 110 Å². The summed E-state index contributed by atoms with van der Waals surface area (Å²) in [4.78, 5) is 23.3. The maximum Gasteiger partial charge on any atom is 0.175 e. The number of aliphatic hydroxyl groups is 2. The molecular formula is C15H12O4. The van der Waals surface area contributed by atoms with Gasteiger partial charge in [-0.1, -0.05) is 30.3 Å². The molecule has 1 aliphatic rings. The molecule has 4 heteroatoms. The van der Waals surface area contributed by atoms with E-state index >= 15 is 0 Å². The van der Waals surface area contributed by atoms with Crippen LogP contribution in [0.2, 0.25) is 0 Å². The lowest BCUT2D eigenvalue weighted by Gasteiger charge is -2.08. The first-order valence-electron chi connectivity index (χ1n) is 5.71. The third-order valence-corrected chi connectivity index (χ3v) is 2.77. The molecule has 0 unspecified atom stereocenters. The second-order valence-electron chi connectivity index (χ2n) is 4.07. The predicted molar refractivity (Wildman–Crippen MR) is 70.5 cm³/mol. The maximum absolute atomic E-state index is 12.0. The van der Waals surface area contributed by atoms with E-state index in [0.717, 1.165) is 0 Å². The molecule has 0 saturated carbocycles. The van der Waals surface area contributed by atoms with Crippen LogP contribution in [0.1, 0.15) is 12.0 Å². The van der Waals surface area contributed by atoms with E-state index in [1.54, 1.807) is 30.3 Å². The number of hydrogen-bond donors (Lipinski definition) is 2. The molecule has 0 bridgehead atoms. The standard InChI is InChI=1S/C15H12O4/c16-9-11-6-7-12(17)8-13(18)14(11)15(19)10-4-2-1-3-5-10/h1-7,9,16,19H,8H2/b11-9+,15-14-. The van der Waals surface area contributed by atoms with Crippen LogP contribution in [-0.4, -0.2) is 21.8 Å². The van der Waals surface area contributed by atoms with Crippen LogP contribution in [0, 0.1) is 0 Å².